The molecule has 27 heavy (non-hydrogen) atoms. The van der Waals surface area contributed by atoms with Gasteiger partial charge in [0.15, 0.2) is 15.9 Å². The number of amides is 1. The maximum atomic E-state index is 13.0. The third-order valence-electron chi connectivity index (χ3n) is 4.09. The summed E-state index contributed by atoms with van der Waals surface area (Å²) < 4.78 is 5.86. The zero-order valence-corrected chi connectivity index (χ0v) is 15.7. The van der Waals surface area contributed by atoms with Crippen LogP contribution in [0, 0.1) is 0 Å². The third kappa shape index (κ3) is 2.94. The highest BCUT2D eigenvalue weighted by Crippen LogP contribution is 2.43. The van der Waals surface area contributed by atoms with E-state index in [2.05, 4.69) is 10.2 Å². The van der Waals surface area contributed by atoms with E-state index in [0.717, 1.165) is 0 Å². The van der Waals surface area contributed by atoms with Crippen molar-refractivity contribution in [2.75, 3.05) is 11.2 Å². The van der Waals surface area contributed by atoms with Gasteiger partial charge in [0, 0.05) is 0 Å². The van der Waals surface area contributed by atoms with E-state index in [1.165, 1.54) is 40.3 Å². The van der Waals surface area contributed by atoms with Gasteiger partial charge in [0.1, 0.15) is 0 Å². The van der Waals surface area contributed by atoms with E-state index < -0.39 is 23.5 Å². The second-order valence-electron chi connectivity index (χ2n) is 5.61. The SMILES string of the molecule is CSc1nnc(N2C(=O)C(O)=C(C(=O)c3ccco3)[C@@H]2c2ccccc2)s1. The molecule has 0 aliphatic carbocycles. The molecule has 0 fully saturated rings. The van der Waals surface area contributed by atoms with Crippen molar-refractivity contribution >= 4 is 39.9 Å². The zero-order chi connectivity index (χ0) is 19.0. The Hall–Kier alpha value is -2.91. The Morgan fingerprint density at radius 3 is 2.63 bits per heavy atom. The number of aromatic nitrogens is 2. The van der Waals surface area contributed by atoms with Crippen LogP contribution in [0.4, 0.5) is 5.13 Å². The Labute approximate surface area is 162 Å². The van der Waals surface area contributed by atoms with Crippen molar-refractivity contribution in [3.8, 4) is 0 Å². The fraction of sp³-hybridized carbons (Fsp3) is 0.111. The van der Waals surface area contributed by atoms with Crippen molar-refractivity contribution in [3.63, 3.8) is 0 Å². The minimum atomic E-state index is -0.820. The predicted molar refractivity (Wildman–Crippen MR) is 101 cm³/mol. The monoisotopic (exact) mass is 399 g/mol. The van der Waals surface area contributed by atoms with Gasteiger partial charge < -0.3 is 9.52 Å². The van der Waals surface area contributed by atoms with Crippen LogP contribution >= 0.6 is 23.1 Å². The summed E-state index contributed by atoms with van der Waals surface area (Å²) in [7, 11) is 0. The van der Waals surface area contributed by atoms with Crippen LogP contribution in [0.15, 0.2) is 68.8 Å². The van der Waals surface area contributed by atoms with Crippen LogP contribution in [-0.2, 0) is 4.79 Å². The summed E-state index contributed by atoms with van der Waals surface area (Å²) in [5.41, 5.74) is 0.632. The molecule has 3 heterocycles. The average molecular weight is 399 g/mol. The summed E-state index contributed by atoms with van der Waals surface area (Å²) >= 11 is 2.62. The number of rotatable bonds is 5. The van der Waals surface area contributed by atoms with Gasteiger partial charge in [-0.1, -0.05) is 53.4 Å². The van der Waals surface area contributed by atoms with Gasteiger partial charge in [-0.3, -0.25) is 14.5 Å². The van der Waals surface area contributed by atoms with Crippen LogP contribution in [0.5, 0.6) is 0 Å². The number of Topliss-reactive ketones (excluding diaryl/α,β-unsaturated/α-hetero) is 1. The van der Waals surface area contributed by atoms with Crippen LogP contribution in [0.1, 0.15) is 22.2 Å². The Bertz CT molecular complexity index is 1030. The molecule has 2 aromatic heterocycles. The highest BCUT2D eigenvalue weighted by Gasteiger charge is 2.46. The van der Waals surface area contributed by atoms with E-state index in [4.69, 9.17) is 4.42 Å². The second-order valence-corrected chi connectivity index (χ2v) is 7.62. The highest BCUT2D eigenvalue weighted by molar-refractivity contribution is 8.00. The minimum absolute atomic E-state index is 0.0398. The van der Waals surface area contributed by atoms with Gasteiger partial charge >= 0.3 is 0 Å². The number of aliphatic hydroxyl groups excluding tert-OH is 1. The summed E-state index contributed by atoms with van der Waals surface area (Å²) in [5.74, 6) is -1.79. The van der Waals surface area contributed by atoms with Gasteiger partial charge in [-0.05, 0) is 24.0 Å². The second kappa shape index (κ2) is 7.01. The maximum Gasteiger partial charge on any atom is 0.296 e. The molecule has 3 aromatic rings. The number of hydrogen-bond acceptors (Lipinski definition) is 8. The van der Waals surface area contributed by atoms with E-state index in [0.29, 0.717) is 15.0 Å². The molecule has 0 bridgehead atoms. The molecular weight excluding hydrogens is 386 g/mol. The van der Waals surface area contributed by atoms with Gasteiger partial charge in [0.05, 0.1) is 17.9 Å². The Kier molecular flexibility index (Phi) is 4.54. The Morgan fingerprint density at radius 2 is 2.00 bits per heavy atom. The average Bonchev–Trinajstić information content (AvgIpc) is 3.43. The van der Waals surface area contributed by atoms with Crippen LogP contribution < -0.4 is 4.90 Å². The van der Waals surface area contributed by atoms with E-state index in [1.54, 1.807) is 30.3 Å². The maximum absolute atomic E-state index is 13.0. The van der Waals surface area contributed by atoms with Gasteiger partial charge in [-0.25, -0.2) is 0 Å². The van der Waals surface area contributed by atoms with Crippen LogP contribution in [-0.4, -0.2) is 33.3 Å². The number of carbonyl (C=O) groups excluding carboxylic acids is 2. The lowest BCUT2D eigenvalue weighted by Gasteiger charge is -2.23. The summed E-state index contributed by atoms with van der Waals surface area (Å²) in [6.45, 7) is 0. The van der Waals surface area contributed by atoms with Crippen LogP contribution in [0.3, 0.4) is 0 Å². The van der Waals surface area contributed by atoms with Crippen LogP contribution in [0.2, 0.25) is 0 Å². The van der Waals surface area contributed by atoms with E-state index in [9.17, 15) is 14.7 Å². The summed E-state index contributed by atoms with van der Waals surface area (Å²) in [4.78, 5) is 27.1. The number of carbonyl (C=O) groups is 2. The fourth-order valence-electron chi connectivity index (χ4n) is 2.91. The number of nitrogens with zero attached hydrogens (tertiary/aromatic N) is 3. The first-order chi connectivity index (χ1) is 13.1. The van der Waals surface area contributed by atoms with Crippen LogP contribution in [0.25, 0.3) is 0 Å². The predicted octanol–water partition coefficient (Wildman–Crippen LogP) is 3.64. The van der Waals surface area contributed by atoms with Crippen molar-refractivity contribution < 1.29 is 19.1 Å². The first kappa shape index (κ1) is 17.5. The lowest BCUT2D eigenvalue weighted by atomic mass is 9.95. The first-order valence-electron chi connectivity index (χ1n) is 7.89. The highest BCUT2D eigenvalue weighted by atomic mass is 32.2. The molecule has 0 spiro atoms. The molecule has 1 atom stereocenters. The van der Waals surface area contributed by atoms with Crippen molar-refractivity contribution in [2.45, 2.75) is 10.4 Å². The van der Waals surface area contributed by atoms with E-state index in [1.807, 2.05) is 12.3 Å². The number of benzene rings is 1. The molecule has 0 saturated carbocycles. The number of anilines is 1. The molecule has 136 valence electrons. The Morgan fingerprint density at radius 1 is 1.22 bits per heavy atom. The van der Waals surface area contributed by atoms with Gasteiger partial charge in [-0.15, -0.1) is 10.2 Å². The van der Waals surface area contributed by atoms with Gasteiger partial charge in [0.2, 0.25) is 10.9 Å². The number of furan rings is 1. The largest absolute Gasteiger partial charge is 0.503 e. The summed E-state index contributed by atoms with van der Waals surface area (Å²) in [6, 6.07) is 11.3. The van der Waals surface area contributed by atoms with E-state index >= 15 is 0 Å². The third-order valence-corrected chi connectivity index (χ3v) is 5.99. The van der Waals surface area contributed by atoms with Crippen molar-refractivity contribution in [1.82, 2.24) is 10.2 Å². The number of thioether (sulfide) groups is 1. The molecule has 9 heteroatoms. The number of aliphatic hydroxyl groups is 1. The molecule has 0 radical (unpaired) electrons. The Balaban J connectivity index is 1.86. The smallest absolute Gasteiger partial charge is 0.296 e. The molecule has 0 unspecified atom stereocenters. The molecule has 1 N–H and O–H groups in total. The zero-order valence-electron chi connectivity index (χ0n) is 14.0. The molecular formula is C18H13N3O4S2. The molecule has 1 aromatic carbocycles. The molecule has 4 rings (SSSR count). The fourth-order valence-corrected chi connectivity index (χ4v) is 4.19. The lowest BCUT2D eigenvalue weighted by molar-refractivity contribution is -0.117. The molecule has 1 amide bonds. The van der Waals surface area contributed by atoms with Crippen molar-refractivity contribution in [2.24, 2.45) is 0 Å². The summed E-state index contributed by atoms with van der Waals surface area (Å²) in [6.07, 6.45) is 3.22. The molecule has 1 aliphatic rings. The molecule has 1 aliphatic heterocycles. The van der Waals surface area contributed by atoms with Crippen molar-refractivity contribution in [3.05, 3.63) is 71.4 Å². The quantitative estimate of drug-likeness (QED) is 0.397. The molecule has 7 nitrogen and oxygen atoms in total. The summed E-state index contributed by atoms with van der Waals surface area (Å²) in [5, 5.41) is 18.9. The lowest BCUT2D eigenvalue weighted by Crippen LogP contribution is -2.31. The topological polar surface area (TPSA) is 96.5 Å². The standard InChI is InChI=1S/C18H13N3O4S2/c1-26-18-20-19-17(27-18)21-13(10-6-3-2-4-7-10)12(15(23)16(21)24)14(22)11-8-5-9-25-11/h2-9,13,23H,1H3/t13-/m0/s1. The van der Waals surface area contributed by atoms with Gasteiger partial charge in [0.25, 0.3) is 5.91 Å². The molecule has 0 saturated heterocycles. The minimum Gasteiger partial charge on any atom is -0.503 e. The van der Waals surface area contributed by atoms with Gasteiger partial charge in [-0.2, -0.15) is 0 Å². The number of hydrogen-bond donors (Lipinski definition) is 1. The van der Waals surface area contributed by atoms with Crippen molar-refractivity contribution in [1.29, 1.82) is 0 Å². The normalized spacial score (nSPS) is 17.0. The number of ketones is 1. The van der Waals surface area contributed by atoms with E-state index in [-0.39, 0.29) is 11.3 Å². The first-order valence-corrected chi connectivity index (χ1v) is 9.93.